The summed E-state index contributed by atoms with van der Waals surface area (Å²) in [6.45, 7) is 2.36. The van der Waals surface area contributed by atoms with Crippen LogP contribution in [0.3, 0.4) is 0 Å². The second-order valence-electron chi connectivity index (χ2n) is 9.05. The molecule has 3 N–H and O–H groups in total. The van der Waals surface area contributed by atoms with Gasteiger partial charge in [-0.25, -0.2) is 9.18 Å². The zero-order chi connectivity index (χ0) is 25.7. The Morgan fingerprint density at radius 1 is 1.11 bits per heavy atom. The van der Waals surface area contributed by atoms with Crippen LogP contribution in [0.5, 0.6) is 0 Å². The van der Waals surface area contributed by atoms with Crippen molar-refractivity contribution in [2.75, 3.05) is 23.3 Å². The molecule has 1 aliphatic heterocycles. The van der Waals surface area contributed by atoms with E-state index in [0.29, 0.717) is 17.2 Å². The van der Waals surface area contributed by atoms with Crippen molar-refractivity contribution >= 4 is 46.3 Å². The van der Waals surface area contributed by atoms with Gasteiger partial charge < -0.3 is 20.7 Å². The van der Waals surface area contributed by atoms with E-state index in [0.717, 1.165) is 25.7 Å². The molecule has 1 atom stereocenters. The lowest BCUT2D eigenvalue weighted by Crippen LogP contribution is -2.36. The number of nitrogens with one attached hydrogen (secondary N) is 3. The fourth-order valence-corrected chi connectivity index (χ4v) is 4.46. The molecule has 1 saturated carbocycles. The van der Waals surface area contributed by atoms with Crippen molar-refractivity contribution in [3.05, 3.63) is 64.1 Å². The predicted octanol–water partition coefficient (Wildman–Crippen LogP) is 4.25. The average Bonchev–Trinajstić information content (AvgIpc) is 3.12. The fourth-order valence-electron chi connectivity index (χ4n) is 4.37. The minimum absolute atomic E-state index is 0.0670. The molecule has 1 saturated heterocycles. The molecule has 2 aliphatic rings. The Kier molecular flexibility index (Phi) is 8.14. The highest BCUT2D eigenvalue weighted by atomic mass is 32.1. The number of cyclic esters (lactones) is 1. The van der Waals surface area contributed by atoms with Crippen molar-refractivity contribution in [3.63, 3.8) is 0 Å². The normalized spacial score (nSPS) is 17.9. The minimum atomic E-state index is -0.641. The molecule has 2 aromatic rings. The van der Waals surface area contributed by atoms with Crippen LogP contribution in [-0.4, -0.2) is 42.2 Å². The maximum Gasteiger partial charge on any atom is 0.414 e. The highest BCUT2D eigenvalue weighted by Gasteiger charge is 2.32. The average molecular weight is 513 g/mol. The zero-order valence-electron chi connectivity index (χ0n) is 20.0. The molecular weight excluding hydrogens is 483 g/mol. The van der Waals surface area contributed by atoms with E-state index < -0.39 is 23.4 Å². The first-order chi connectivity index (χ1) is 17.3. The number of amides is 2. The van der Waals surface area contributed by atoms with Crippen molar-refractivity contribution in [1.82, 2.24) is 10.6 Å². The standard InChI is InChI=1S/C26H29FN4O4S/c1-16(36)28-14-20-15-31(26(34)35-20)19-10-11-22(21(27)13-19)30-23-9-5-6-17(12-24(23)32)25(33)29-18-7-3-2-4-8-18/h5-6,9-13,18,20H,2-4,7-8,14-15H2,1H3,(H,28,36)(H,29,33)(H,30,32). The quantitative estimate of drug-likeness (QED) is 0.477. The lowest BCUT2D eigenvalue weighted by Gasteiger charge is -2.22. The molecule has 1 heterocycles. The van der Waals surface area contributed by atoms with Crippen molar-refractivity contribution in [3.8, 4) is 0 Å². The van der Waals surface area contributed by atoms with Gasteiger partial charge in [0, 0.05) is 17.7 Å². The molecule has 0 radical (unpaired) electrons. The van der Waals surface area contributed by atoms with Gasteiger partial charge >= 0.3 is 6.09 Å². The maximum atomic E-state index is 14.9. The molecule has 8 nitrogen and oxygen atoms in total. The summed E-state index contributed by atoms with van der Waals surface area (Å²) in [6.07, 6.45) is 4.25. The number of carbonyl (C=O) groups is 2. The number of hydrogen-bond donors (Lipinski definition) is 3. The van der Waals surface area contributed by atoms with Crippen molar-refractivity contribution in [1.29, 1.82) is 0 Å². The summed E-state index contributed by atoms with van der Waals surface area (Å²) >= 11 is 4.97. The van der Waals surface area contributed by atoms with Crippen molar-refractivity contribution in [2.45, 2.75) is 51.2 Å². The Hall–Kier alpha value is -3.53. The van der Waals surface area contributed by atoms with Gasteiger partial charge in [0.25, 0.3) is 5.91 Å². The van der Waals surface area contributed by atoms with E-state index in [-0.39, 0.29) is 35.4 Å². The Morgan fingerprint density at radius 2 is 1.89 bits per heavy atom. The molecule has 4 rings (SSSR count). The molecule has 10 heteroatoms. The smallest absolute Gasteiger partial charge is 0.414 e. The van der Waals surface area contributed by atoms with E-state index in [4.69, 9.17) is 17.0 Å². The number of rotatable bonds is 7. The van der Waals surface area contributed by atoms with Gasteiger partial charge in [0.05, 0.1) is 35.1 Å². The molecule has 1 aliphatic carbocycles. The lowest BCUT2D eigenvalue weighted by molar-refractivity contribution is 0.0927. The molecule has 0 aromatic heterocycles. The summed E-state index contributed by atoms with van der Waals surface area (Å²) in [5, 5.41) is 8.75. The summed E-state index contributed by atoms with van der Waals surface area (Å²) in [5.41, 5.74) is 0.352. The van der Waals surface area contributed by atoms with Gasteiger partial charge in [-0.15, -0.1) is 0 Å². The number of anilines is 3. The first kappa shape index (κ1) is 25.6. The molecule has 2 fully saturated rings. The van der Waals surface area contributed by atoms with Gasteiger partial charge in [-0.05, 0) is 50.1 Å². The molecule has 2 amide bonds. The first-order valence-corrected chi connectivity index (χ1v) is 12.5. The van der Waals surface area contributed by atoms with Crippen LogP contribution in [0.25, 0.3) is 0 Å². The molecule has 2 aromatic carbocycles. The maximum absolute atomic E-state index is 14.9. The van der Waals surface area contributed by atoms with Crippen LogP contribution in [0, 0.1) is 5.82 Å². The van der Waals surface area contributed by atoms with E-state index in [9.17, 15) is 18.8 Å². The third-order valence-electron chi connectivity index (χ3n) is 6.28. The van der Waals surface area contributed by atoms with Crippen molar-refractivity contribution < 1.29 is 18.7 Å². The fraction of sp³-hybridized carbons (Fsp3) is 0.385. The largest absolute Gasteiger partial charge is 0.442 e. The monoisotopic (exact) mass is 512 g/mol. The zero-order valence-corrected chi connectivity index (χ0v) is 20.8. The molecule has 36 heavy (non-hydrogen) atoms. The van der Waals surface area contributed by atoms with Crippen LogP contribution in [0.2, 0.25) is 0 Å². The van der Waals surface area contributed by atoms with E-state index in [1.54, 1.807) is 25.1 Å². The van der Waals surface area contributed by atoms with E-state index in [2.05, 4.69) is 16.0 Å². The summed E-state index contributed by atoms with van der Waals surface area (Å²) in [5.74, 6) is -0.929. The van der Waals surface area contributed by atoms with Gasteiger partial charge in [0.15, 0.2) is 0 Å². The van der Waals surface area contributed by atoms with Gasteiger partial charge in [0.2, 0.25) is 5.43 Å². The molecule has 1 unspecified atom stereocenters. The van der Waals surface area contributed by atoms with Gasteiger partial charge in [0.1, 0.15) is 11.9 Å². The molecule has 190 valence electrons. The van der Waals surface area contributed by atoms with Crippen LogP contribution < -0.4 is 26.3 Å². The SMILES string of the molecule is CC(=S)NCC1CN(c2ccc(Nc3cccc(C(=O)NC4CCCCC4)cc3=O)c(F)c2)C(=O)O1. The van der Waals surface area contributed by atoms with Gasteiger partial charge in [-0.2, -0.15) is 0 Å². The Morgan fingerprint density at radius 3 is 2.61 bits per heavy atom. The Bertz CT molecular complexity index is 1220. The number of carbonyl (C=O) groups excluding carboxylic acids is 2. The summed E-state index contributed by atoms with van der Waals surface area (Å²) in [7, 11) is 0. The van der Waals surface area contributed by atoms with E-state index >= 15 is 0 Å². The third kappa shape index (κ3) is 6.37. The van der Waals surface area contributed by atoms with Crippen molar-refractivity contribution in [2.24, 2.45) is 0 Å². The highest BCUT2D eigenvalue weighted by molar-refractivity contribution is 7.80. The summed E-state index contributed by atoms with van der Waals surface area (Å²) < 4.78 is 20.2. The second-order valence-corrected chi connectivity index (χ2v) is 9.67. The molecule has 0 bridgehead atoms. The van der Waals surface area contributed by atoms with Gasteiger partial charge in [-0.1, -0.05) is 37.5 Å². The summed E-state index contributed by atoms with van der Waals surface area (Å²) in [6, 6.07) is 10.3. The number of benzene rings is 1. The number of halogens is 1. The summed E-state index contributed by atoms with van der Waals surface area (Å²) in [4.78, 5) is 39.6. The van der Waals surface area contributed by atoms with E-state index in [1.807, 2.05) is 0 Å². The number of nitrogens with zero attached hydrogens (tertiary/aromatic N) is 1. The second kappa shape index (κ2) is 11.5. The van der Waals surface area contributed by atoms with Crippen LogP contribution in [0.1, 0.15) is 49.4 Å². The third-order valence-corrected chi connectivity index (χ3v) is 6.42. The predicted molar refractivity (Wildman–Crippen MR) is 141 cm³/mol. The molecular formula is C26H29FN4O4S. The van der Waals surface area contributed by atoms with E-state index in [1.165, 1.54) is 35.6 Å². The first-order valence-electron chi connectivity index (χ1n) is 12.0. The highest BCUT2D eigenvalue weighted by Crippen LogP contribution is 2.27. The Labute approximate surface area is 214 Å². The number of thiocarbonyl (C=S) groups is 1. The Balaban J connectivity index is 1.44. The van der Waals surface area contributed by atoms with Crippen LogP contribution in [-0.2, 0) is 4.74 Å². The lowest BCUT2D eigenvalue weighted by atomic mass is 9.95. The number of hydrogen-bond acceptors (Lipinski definition) is 6. The molecule has 0 spiro atoms. The van der Waals surface area contributed by atoms with Crippen LogP contribution >= 0.6 is 12.2 Å². The van der Waals surface area contributed by atoms with Crippen LogP contribution in [0.4, 0.5) is 26.2 Å². The number of ether oxygens (including phenoxy) is 1. The van der Waals surface area contributed by atoms with Gasteiger partial charge in [-0.3, -0.25) is 14.5 Å². The van der Waals surface area contributed by atoms with Crippen LogP contribution in [0.15, 0.2) is 47.3 Å². The topological polar surface area (TPSA) is 99.8 Å². The minimum Gasteiger partial charge on any atom is -0.442 e.